The van der Waals surface area contributed by atoms with Crippen LogP contribution in [0.15, 0.2) is 24.3 Å². The van der Waals surface area contributed by atoms with Crippen molar-refractivity contribution in [1.29, 1.82) is 0 Å². The van der Waals surface area contributed by atoms with Crippen LogP contribution in [-0.4, -0.2) is 47.9 Å². The first kappa shape index (κ1) is 21.1. The topological polar surface area (TPSA) is 71.6 Å². The Hall–Kier alpha value is -2.60. The molecule has 0 spiro atoms. The highest BCUT2D eigenvalue weighted by atomic mass is 16.5. The largest absolute Gasteiger partial charge is 0.496 e. The Balaban J connectivity index is 1.96. The van der Waals surface area contributed by atoms with Crippen LogP contribution in [0.1, 0.15) is 64.4 Å². The van der Waals surface area contributed by atoms with Gasteiger partial charge in [0.25, 0.3) is 5.91 Å². The Morgan fingerprint density at radius 1 is 1.31 bits per heavy atom. The summed E-state index contributed by atoms with van der Waals surface area (Å²) < 4.78 is 11.3. The molecular formula is C23H30N2O4. The molecule has 1 atom stereocenters. The van der Waals surface area contributed by atoms with Crippen LogP contribution in [0.25, 0.3) is 0 Å². The normalized spacial score (nSPS) is 16.1. The first-order valence-corrected chi connectivity index (χ1v) is 10.2. The molecule has 6 heteroatoms. The highest BCUT2D eigenvalue weighted by Gasteiger charge is 2.28. The van der Waals surface area contributed by atoms with Gasteiger partial charge in [-0.2, -0.15) is 0 Å². The van der Waals surface area contributed by atoms with Crippen LogP contribution in [0.5, 0.6) is 5.75 Å². The number of ether oxygens (including phenoxy) is 2. The summed E-state index contributed by atoms with van der Waals surface area (Å²) in [4.78, 5) is 30.7. The van der Waals surface area contributed by atoms with E-state index in [1.54, 1.807) is 14.0 Å². The molecule has 1 aliphatic heterocycles. The highest BCUT2D eigenvalue weighted by Crippen LogP contribution is 2.26. The van der Waals surface area contributed by atoms with E-state index in [0.717, 1.165) is 42.0 Å². The molecule has 156 valence electrons. The van der Waals surface area contributed by atoms with Crippen molar-refractivity contribution in [1.82, 2.24) is 9.88 Å². The van der Waals surface area contributed by atoms with Crippen molar-refractivity contribution in [2.75, 3.05) is 20.3 Å². The number of ketones is 1. The molecule has 1 aromatic heterocycles. The Kier molecular flexibility index (Phi) is 6.75. The molecule has 0 saturated carbocycles. The van der Waals surface area contributed by atoms with E-state index in [1.165, 1.54) is 0 Å². The van der Waals surface area contributed by atoms with Crippen molar-refractivity contribution in [3.8, 4) is 5.75 Å². The summed E-state index contributed by atoms with van der Waals surface area (Å²) in [5.41, 5.74) is 3.60. The van der Waals surface area contributed by atoms with E-state index in [-0.39, 0.29) is 17.8 Å². The number of aromatic nitrogens is 1. The van der Waals surface area contributed by atoms with Crippen LogP contribution in [0, 0.1) is 6.92 Å². The number of Topliss-reactive ketones (excluding diaryl/α,β-unsaturated/α-hetero) is 1. The monoisotopic (exact) mass is 398 g/mol. The lowest BCUT2D eigenvalue weighted by atomic mass is 10.0. The Morgan fingerprint density at radius 2 is 2.07 bits per heavy atom. The molecule has 1 unspecified atom stereocenters. The molecule has 1 fully saturated rings. The highest BCUT2D eigenvalue weighted by molar-refractivity contribution is 6.02. The van der Waals surface area contributed by atoms with Crippen molar-refractivity contribution in [3.05, 3.63) is 52.3 Å². The van der Waals surface area contributed by atoms with Crippen molar-refractivity contribution >= 4 is 11.7 Å². The Labute approximate surface area is 172 Å². The number of hydrogen-bond donors (Lipinski definition) is 1. The summed E-state index contributed by atoms with van der Waals surface area (Å²) >= 11 is 0. The minimum atomic E-state index is -0.112. The lowest BCUT2D eigenvalue weighted by molar-refractivity contribution is 0.0501. The van der Waals surface area contributed by atoms with Crippen molar-refractivity contribution in [2.24, 2.45) is 0 Å². The second-order valence-corrected chi connectivity index (χ2v) is 7.52. The van der Waals surface area contributed by atoms with Gasteiger partial charge in [0, 0.05) is 36.5 Å². The zero-order valence-electron chi connectivity index (χ0n) is 17.7. The molecule has 2 aromatic rings. The van der Waals surface area contributed by atoms with Gasteiger partial charge < -0.3 is 19.4 Å². The van der Waals surface area contributed by atoms with Gasteiger partial charge in [-0.3, -0.25) is 9.59 Å². The summed E-state index contributed by atoms with van der Waals surface area (Å²) in [5.74, 6) is 0.615. The molecule has 0 aliphatic carbocycles. The molecule has 29 heavy (non-hydrogen) atoms. The SMILES string of the molecule is CCc1c(C(=O)N(Cc2ccccc2OC)CC2CCCO2)[nH]c(C)c1C(C)=O. The fourth-order valence-electron chi connectivity index (χ4n) is 4.14. The third kappa shape index (κ3) is 4.53. The zero-order valence-corrected chi connectivity index (χ0v) is 17.7. The average molecular weight is 399 g/mol. The number of amides is 1. The minimum Gasteiger partial charge on any atom is -0.496 e. The van der Waals surface area contributed by atoms with Gasteiger partial charge in [-0.15, -0.1) is 0 Å². The first-order valence-electron chi connectivity index (χ1n) is 10.2. The Bertz CT molecular complexity index is 881. The van der Waals surface area contributed by atoms with Crippen molar-refractivity contribution in [2.45, 2.75) is 52.7 Å². The lowest BCUT2D eigenvalue weighted by Gasteiger charge is -2.26. The van der Waals surface area contributed by atoms with Gasteiger partial charge >= 0.3 is 0 Å². The Morgan fingerprint density at radius 3 is 2.69 bits per heavy atom. The number of para-hydroxylation sites is 1. The zero-order chi connectivity index (χ0) is 21.0. The molecule has 0 radical (unpaired) electrons. The van der Waals surface area contributed by atoms with Gasteiger partial charge in [-0.1, -0.05) is 25.1 Å². The third-order valence-electron chi connectivity index (χ3n) is 5.50. The van der Waals surface area contributed by atoms with E-state index in [2.05, 4.69) is 4.98 Å². The number of nitrogens with one attached hydrogen (secondary N) is 1. The molecule has 1 aromatic carbocycles. The van der Waals surface area contributed by atoms with Crippen LogP contribution in [0.3, 0.4) is 0 Å². The van der Waals surface area contributed by atoms with E-state index in [0.29, 0.717) is 30.8 Å². The molecule has 1 N–H and O–H groups in total. The van der Waals surface area contributed by atoms with Crippen LogP contribution in [-0.2, 0) is 17.7 Å². The summed E-state index contributed by atoms with van der Waals surface area (Å²) in [6.45, 7) is 7.01. The van der Waals surface area contributed by atoms with E-state index in [1.807, 2.05) is 43.0 Å². The number of nitrogens with zero attached hydrogens (tertiary/aromatic N) is 1. The smallest absolute Gasteiger partial charge is 0.270 e. The van der Waals surface area contributed by atoms with Crippen LogP contribution in [0.4, 0.5) is 0 Å². The molecule has 1 aliphatic rings. The first-order chi connectivity index (χ1) is 14.0. The fourth-order valence-corrected chi connectivity index (χ4v) is 4.14. The van der Waals surface area contributed by atoms with E-state index in [4.69, 9.17) is 9.47 Å². The minimum absolute atomic E-state index is 0.0231. The standard InChI is InChI=1S/C23H30N2O4/c1-5-19-21(16(3)26)15(2)24-22(19)23(27)25(14-18-10-8-12-29-18)13-17-9-6-7-11-20(17)28-4/h6-7,9,11,18,24H,5,8,10,12-14H2,1-4H3. The maximum Gasteiger partial charge on any atom is 0.270 e. The number of H-pyrrole nitrogens is 1. The van der Waals surface area contributed by atoms with Gasteiger partial charge in [-0.25, -0.2) is 0 Å². The van der Waals surface area contributed by atoms with Gasteiger partial charge in [-0.05, 0) is 44.7 Å². The van der Waals surface area contributed by atoms with Gasteiger partial charge in [0.2, 0.25) is 0 Å². The molecular weight excluding hydrogens is 368 g/mol. The number of carbonyl (C=O) groups excluding carboxylic acids is 2. The number of rotatable bonds is 8. The van der Waals surface area contributed by atoms with E-state index in [9.17, 15) is 9.59 Å². The summed E-state index contributed by atoms with van der Waals surface area (Å²) in [6.07, 6.45) is 2.60. The van der Waals surface area contributed by atoms with Crippen LogP contribution < -0.4 is 4.74 Å². The number of methoxy groups -OCH3 is 1. The second kappa shape index (κ2) is 9.27. The van der Waals surface area contributed by atoms with Crippen molar-refractivity contribution < 1.29 is 19.1 Å². The molecule has 1 amide bonds. The molecule has 2 heterocycles. The summed E-state index contributed by atoms with van der Waals surface area (Å²) in [7, 11) is 1.63. The van der Waals surface area contributed by atoms with E-state index >= 15 is 0 Å². The van der Waals surface area contributed by atoms with Gasteiger partial charge in [0.1, 0.15) is 11.4 Å². The van der Waals surface area contributed by atoms with Gasteiger partial charge in [0.05, 0.1) is 13.2 Å². The number of benzene rings is 1. The molecule has 6 nitrogen and oxygen atoms in total. The van der Waals surface area contributed by atoms with E-state index < -0.39 is 0 Å². The van der Waals surface area contributed by atoms with Gasteiger partial charge in [0.15, 0.2) is 5.78 Å². The summed E-state index contributed by atoms with van der Waals surface area (Å²) in [6, 6.07) is 7.72. The maximum absolute atomic E-state index is 13.6. The molecule has 1 saturated heterocycles. The predicted molar refractivity (Wildman–Crippen MR) is 112 cm³/mol. The number of aromatic amines is 1. The number of hydrogen-bond acceptors (Lipinski definition) is 4. The number of carbonyl (C=O) groups is 2. The number of aryl methyl sites for hydroxylation is 1. The van der Waals surface area contributed by atoms with Crippen LogP contribution in [0.2, 0.25) is 0 Å². The van der Waals surface area contributed by atoms with Crippen LogP contribution >= 0.6 is 0 Å². The quantitative estimate of drug-likeness (QED) is 0.684. The second-order valence-electron chi connectivity index (χ2n) is 7.52. The summed E-state index contributed by atoms with van der Waals surface area (Å²) in [5, 5.41) is 0. The molecule has 0 bridgehead atoms. The maximum atomic E-state index is 13.6. The third-order valence-corrected chi connectivity index (χ3v) is 5.50. The fraction of sp³-hybridized carbons (Fsp3) is 0.478. The molecule has 3 rings (SSSR count). The lowest BCUT2D eigenvalue weighted by Crippen LogP contribution is -2.37. The van der Waals surface area contributed by atoms with Crippen molar-refractivity contribution in [3.63, 3.8) is 0 Å². The average Bonchev–Trinajstić information content (AvgIpc) is 3.34. The predicted octanol–water partition coefficient (Wildman–Crippen LogP) is 3.92.